The van der Waals surface area contributed by atoms with Gasteiger partial charge in [-0.25, -0.2) is 0 Å². The molecule has 3 rings (SSSR count). The van der Waals surface area contributed by atoms with Gasteiger partial charge in [0, 0.05) is 12.6 Å². The van der Waals surface area contributed by atoms with Gasteiger partial charge in [-0.15, -0.1) is 11.3 Å². The van der Waals surface area contributed by atoms with Crippen LogP contribution in [0.25, 0.3) is 0 Å². The van der Waals surface area contributed by atoms with Crippen LogP contribution in [0.1, 0.15) is 72.3 Å². The molecule has 2 N–H and O–H groups in total. The van der Waals surface area contributed by atoms with Crippen LogP contribution >= 0.6 is 11.3 Å². The number of aryl methyl sites for hydroxylation is 1. The Morgan fingerprint density at radius 3 is 2.53 bits per heavy atom. The Bertz CT molecular complexity index is 907. The predicted octanol–water partition coefficient (Wildman–Crippen LogP) is 4.22. The summed E-state index contributed by atoms with van der Waals surface area (Å²) in [6.07, 6.45) is 5.87. The standard InChI is InChI=1S/C25H33N3O3S/c1-3-4-15-28(22(29)17-26-24(30)21-14-9-16-32-21)23(20-13-8-5-10-18(20)2)25(31)27-19-11-6-7-12-19/h5,8-10,13-14,16,19,23H,3-4,6-7,11-12,15,17H2,1-2H3,(H,26,30)(H,27,31)/t23-/m0/s1. The summed E-state index contributed by atoms with van der Waals surface area (Å²) in [6, 6.07) is 10.7. The number of unbranched alkanes of at least 4 members (excludes halogenated alkanes) is 1. The van der Waals surface area contributed by atoms with Crippen molar-refractivity contribution in [3.05, 3.63) is 57.8 Å². The van der Waals surface area contributed by atoms with Crippen molar-refractivity contribution in [2.75, 3.05) is 13.1 Å². The fraction of sp³-hybridized carbons (Fsp3) is 0.480. The molecule has 6 nitrogen and oxygen atoms in total. The molecule has 172 valence electrons. The minimum Gasteiger partial charge on any atom is -0.351 e. The normalized spacial score (nSPS) is 14.7. The van der Waals surface area contributed by atoms with E-state index in [4.69, 9.17) is 0 Å². The monoisotopic (exact) mass is 455 g/mol. The minimum atomic E-state index is -0.713. The fourth-order valence-electron chi connectivity index (χ4n) is 4.17. The quantitative estimate of drug-likeness (QED) is 0.563. The number of benzene rings is 1. The molecular weight excluding hydrogens is 422 g/mol. The maximum Gasteiger partial charge on any atom is 0.261 e. The van der Waals surface area contributed by atoms with Gasteiger partial charge in [-0.2, -0.15) is 0 Å². The number of carbonyl (C=O) groups is 3. The number of hydrogen-bond donors (Lipinski definition) is 2. The number of carbonyl (C=O) groups excluding carboxylic acids is 3. The van der Waals surface area contributed by atoms with Gasteiger partial charge in [-0.3, -0.25) is 14.4 Å². The molecule has 1 atom stereocenters. The van der Waals surface area contributed by atoms with E-state index in [0.29, 0.717) is 11.4 Å². The van der Waals surface area contributed by atoms with Gasteiger partial charge in [0.15, 0.2) is 0 Å². The van der Waals surface area contributed by atoms with Gasteiger partial charge in [0.25, 0.3) is 5.91 Å². The molecule has 7 heteroatoms. The minimum absolute atomic E-state index is 0.139. The second-order valence-electron chi connectivity index (χ2n) is 8.35. The highest BCUT2D eigenvalue weighted by Gasteiger charge is 2.33. The lowest BCUT2D eigenvalue weighted by molar-refractivity contribution is -0.140. The highest BCUT2D eigenvalue weighted by atomic mass is 32.1. The van der Waals surface area contributed by atoms with E-state index in [1.165, 1.54) is 11.3 Å². The largest absolute Gasteiger partial charge is 0.351 e. The van der Waals surface area contributed by atoms with Crippen LogP contribution in [0.15, 0.2) is 41.8 Å². The first-order valence-electron chi connectivity index (χ1n) is 11.5. The first-order chi connectivity index (χ1) is 15.5. The van der Waals surface area contributed by atoms with Crippen LogP contribution < -0.4 is 10.6 Å². The maximum atomic E-state index is 13.5. The Kier molecular flexibility index (Phi) is 8.85. The van der Waals surface area contributed by atoms with Gasteiger partial charge >= 0.3 is 0 Å². The Morgan fingerprint density at radius 2 is 1.88 bits per heavy atom. The van der Waals surface area contributed by atoms with Gasteiger partial charge < -0.3 is 15.5 Å². The van der Waals surface area contributed by atoms with Gasteiger partial charge in [0.1, 0.15) is 6.04 Å². The lowest BCUT2D eigenvalue weighted by Gasteiger charge is -2.33. The topological polar surface area (TPSA) is 78.5 Å². The molecule has 1 saturated carbocycles. The van der Waals surface area contributed by atoms with Crippen molar-refractivity contribution in [3.8, 4) is 0 Å². The average molecular weight is 456 g/mol. The van der Waals surface area contributed by atoms with E-state index in [0.717, 1.165) is 49.7 Å². The summed E-state index contributed by atoms with van der Waals surface area (Å²) in [5, 5.41) is 7.73. The third-order valence-corrected chi connectivity index (χ3v) is 6.83. The highest BCUT2D eigenvalue weighted by Crippen LogP contribution is 2.27. The van der Waals surface area contributed by atoms with E-state index in [1.54, 1.807) is 17.0 Å². The third-order valence-electron chi connectivity index (χ3n) is 5.96. The van der Waals surface area contributed by atoms with E-state index >= 15 is 0 Å². The molecule has 0 radical (unpaired) electrons. The van der Waals surface area contributed by atoms with Crippen molar-refractivity contribution in [1.82, 2.24) is 15.5 Å². The average Bonchev–Trinajstić information content (AvgIpc) is 3.50. The molecule has 0 aliphatic heterocycles. The second kappa shape index (κ2) is 11.8. The first-order valence-corrected chi connectivity index (χ1v) is 12.4. The summed E-state index contributed by atoms with van der Waals surface area (Å²) in [7, 11) is 0. The van der Waals surface area contributed by atoms with E-state index in [-0.39, 0.29) is 30.3 Å². The lowest BCUT2D eigenvalue weighted by atomic mass is 9.98. The number of rotatable bonds is 10. The molecule has 3 amide bonds. The zero-order valence-electron chi connectivity index (χ0n) is 18.9. The lowest BCUT2D eigenvalue weighted by Crippen LogP contribution is -2.49. The number of nitrogens with zero attached hydrogens (tertiary/aromatic N) is 1. The van der Waals surface area contributed by atoms with Crippen molar-refractivity contribution in [2.45, 2.75) is 64.5 Å². The molecule has 1 fully saturated rings. The molecule has 1 aromatic heterocycles. The summed E-state index contributed by atoms with van der Waals surface area (Å²) < 4.78 is 0. The summed E-state index contributed by atoms with van der Waals surface area (Å²) in [5.74, 6) is -0.662. The molecule has 2 aromatic rings. The number of amides is 3. The Hall–Kier alpha value is -2.67. The van der Waals surface area contributed by atoms with Crippen LogP contribution in [-0.2, 0) is 9.59 Å². The molecule has 0 bridgehead atoms. The van der Waals surface area contributed by atoms with Crippen molar-refractivity contribution in [1.29, 1.82) is 0 Å². The molecule has 1 aliphatic carbocycles. The smallest absolute Gasteiger partial charge is 0.261 e. The van der Waals surface area contributed by atoms with Crippen molar-refractivity contribution in [3.63, 3.8) is 0 Å². The molecule has 0 spiro atoms. The fourth-order valence-corrected chi connectivity index (χ4v) is 4.81. The van der Waals surface area contributed by atoms with Crippen LogP contribution in [0.5, 0.6) is 0 Å². The third kappa shape index (κ3) is 6.19. The Balaban J connectivity index is 1.83. The summed E-state index contributed by atoms with van der Waals surface area (Å²) in [4.78, 5) is 41.4. The zero-order valence-corrected chi connectivity index (χ0v) is 19.7. The predicted molar refractivity (Wildman–Crippen MR) is 128 cm³/mol. The van der Waals surface area contributed by atoms with Crippen molar-refractivity contribution >= 4 is 29.1 Å². The van der Waals surface area contributed by atoms with E-state index in [9.17, 15) is 14.4 Å². The van der Waals surface area contributed by atoms with Crippen LogP contribution in [0.2, 0.25) is 0 Å². The molecule has 0 saturated heterocycles. The molecule has 1 aromatic carbocycles. The molecule has 1 heterocycles. The van der Waals surface area contributed by atoms with Crippen molar-refractivity contribution in [2.24, 2.45) is 0 Å². The Morgan fingerprint density at radius 1 is 1.12 bits per heavy atom. The zero-order chi connectivity index (χ0) is 22.9. The maximum absolute atomic E-state index is 13.5. The second-order valence-corrected chi connectivity index (χ2v) is 9.30. The van der Waals surface area contributed by atoms with E-state index in [1.807, 2.05) is 36.6 Å². The summed E-state index contributed by atoms with van der Waals surface area (Å²) >= 11 is 1.33. The first kappa shape index (κ1) is 24.0. The highest BCUT2D eigenvalue weighted by molar-refractivity contribution is 7.12. The summed E-state index contributed by atoms with van der Waals surface area (Å²) in [5.41, 5.74) is 1.80. The van der Waals surface area contributed by atoms with Gasteiger partial charge in [-0.1, -0.05) is 56.5 Å². The Labute approximate surface area is 194 Å². The number of nitrogens with one attached hydrogen (secondary N) is 2. The number of hydrogen-bond acceptors (Lipinski definition) is 4. The van der Waals surface area contributed by atoms with Gasteiger partial charge in [-0.05, 0) is 48.8 Å². The van der Waals surface area contributed by atoms with Crippen LogP contribution in [0.3, 0.4) is 0 Å². The van der Waals surface area contributed by atoms with Gasteiger partial charge in [0.05, 0.1) is 11.4 Å². The molecule has 32 heavy (non-hydrogen) atoms. The van der Waals surface area contributed by atoms with E-state index < -0.39 is 6.04 Å². The van der Waals surface area contributed by atoms with Crippen LogP contribution in [0, 0.1) is 6.92 Å². The molecule has 1 aliphatic rings. The molecular formula is C25H33N3O3S. The number of thiophene rings is 1. The van der Waals surface area contributed by atoms with Crippen LogP contribution in [-0.4, -0.2) is 41.8 Å². The summed E-state index contributed by atoms with van der Waals surface area (Å²) in [6.45, 7) is 4.34. The van der Waals surface area contributed by atoms with Crippen molar-refractivity contribution < 1.29 is 14.4 Å². The van der Waals surface area contributed by atoms with E-state index in [2.05, 4.69) is 17.6 Å². The van der Waals surface area contributed by atoms with Crippen LogP contribution in [0.4, 0.5) is 0 Å². The SMILES string of the molecule is CCCCN(C(=O)CNC(=O)c1cccs1)[C@H](C(=O)NC1CCCC1)c1ccccc1C. The molecule has 0 unspecified atom stereocenters. The van der Waals surface area contributed by atoms with Gasteiger partial charge in [0.2, 0.25) is 11.8 Å².